The monoisotopic (exact) mass is 217 g/mol. The second-order valence-corrected chi connectivity index (χ2v) is 4.61. The summed E-state index contributed by atoms with van der Waals surface area (Å²) in [5.41, 5.74) is 2.01. The molecule has 1 aromatic carbocycles. The fourth-order valence-electron chi connectivity index (χ4n) is 2.48. The highest BCUT2D eigenvalue weighted by Gasteiger charge is 2.21. The van der Waals surface area contributed by atoms with E-state index in [2.05, 4.69) is 6.07 Å². The Morgan fingerprint density at radius 1 is 1.12 bits per heavy atom. The van der Waals surface area contributed by atoms with E-state index >= 15 is 0 Å². The summed E-state index contributed by atoms with van der Waals surface area (Å²) in [6.45, 7) is -0.167. The first kappa shape index (κ1) is 11.1. The van der Waals surface area contributed by atoms with E-state index in [1.165, 1.54) is 5.56 Å². The van der Waals surface area contributed by atoms with Gasteiger partial charge < -0.3 is 0 Å². The highest BCUT2D eigenvalue weighted by atomic mass is 19.1. The van der Waals surface area contributed by atoms with Crippen molar-refractivity contribution >= 4 is 0 Å². The molecule has 84 valence electrons. The Kier molecular flexibility index (Phi) is 3.56. The third-order valence-corrected chi connectivity index (χ3v) is 3.58. The van der Waals surface area contributed by atoms with Crippen molar-refractivity contribution in [1.29, 1.82) is 5.26 Å². The Morgan fingerprint density at radius 3 is 2.25 bits per heavy atom. The van der Waals surface area contributed by atoms with E-state index in [0.717, 1.165) is 25.7 Å². The first-order chi connectivity index (χ1) is 7.83. The predicted molar refractivity (Wildman–Crippen MR) is 61.8 cm³/mol. The maximum absolute atomic E-state index is 12.5. The molecule has 1 aliphatic rings. The first-order valence-corrected chi connectivity index (χ1v) is 5.89. The second kappa shape index (κ2) is 5.12. The molecular formula is C14H16FN. The molecule has 0 aromatic heterocycles. The van der Waals surface area contributed by atoms with Gasteiger partial charge in [-0.25, -0.2) is 0 Å². The molecule has 1 saturated carbocycles. The molecule has 0 amide bonds. The van der Waals surface area contributed by atoms with Crippen molar-refractivity contribution in [3.63, 3.8) is 0 Å². The summed E-state index contributed by atoms with van der Waals surface area (Å²) in [6.07, 6.45) is 4.17. The van der Waals surface area contributed by atoms with Crippen LogP contribution in [-0.2, 0) is 0 Å². The van der Waals surface area contributed by atoms with Crippen molar-refractivity contribution in [1.82, 2.24) is 0 Å². The lowest BCUT2D eigenvalue weighted by Gasteiger charge is -2.27. The second-order valence-electron chi connectivity index (χ2n) is 4.61. The summed E-state index contributed by atoms with van der Waals surface area (Å²) < 4.78 is 12.5. The minimum atomic E-state index is -0.167. The summed E-state index contributed by atoms with van der Waals surface area (Å²) in [7, 11) is 0. The minimum absolute atomic E-state index is 0.167. The molecule has 0 aliphatic heterocycles. The molecule has 2 heteroatoms. The standard InChI is InChI=1S/C14H16FN/c15-9-11-1-5-13(6-2-11)14-7-3-12(10-16)4-8-14/h3-4,7-8,11,13H,1-2,5-6,9H2. The molecule has 0 N–H and O–H groups in total. The van der Waals surface area contributed by atoms with Crippen LogP contribution >= 0.6 is 0 Å². The molecular weight excluding hydrogens is 201 g/mol. The van der Waals surface area contributed by atoms with Gasteiger partial charge in [-0.05, 0) is 55.2 Å². The number of benzene rings is 1. The van der Waals surface area contributed by atoms with Gasteiger partial charge in [0.25, 0.3) is 0 Å². The molecule has 0 spiro atoms. The summed E-state index contributed by atoms with van der Waals surface area (Å²) >= 11 is 0. The Morgan fingerprint density at radius 2 is 1.75 bits per heavy atom. The maximum atomic E-state index is 12.5. The van der Waals surface area contributed by atoms with Crippen LogP contribution in [-0.4, -0.2) is 6.67 Å². The average molecular weight is 217 g/mol. The summed E-state index contributed by atoms with van der Waals surface area (Å²) in [5, 5.41) is 8.71. The SMILES string of the molecule is N#Cc1ccc(C2CCC(CF)CC2)cc1. The number of nitriles is 1. The van der Waals surface area contributed by atoms with Gasteiger partial charge in [0, 0.05) is 0 Å². The van der Waals surface area contributed by atoms with Gasteiger partial charge in [0.2, 0.25) is 0 Å². The van der Waals surface area contributed by atoms with E-state index in [9.17, 15) is 4.39 Å². The molecule has 1 nitrogen and oxygen atoms in total. The summed E-state index contributed by atoms with van der Waals surface area (Å²) in [4.78, 5) is 0. The van der Waals surface area contributed by atoms with Gasteiger partial charge in [-0.3, -0.25) is 4.39 Å². The third-order valence-electron chi connectivity index (χ3n) is 3.58. The molecule has 2 rings (SSSR count). The van der Waals surface area contributed by atoms with Crippen LogP contribution in [0.5, 0.6) is 0 Å². The van der Waals surface area contributed by atoms with Crippen LogP contribution in [0.3, 0.4) is 0 Å². The largest absolute Gasteiger partial charge is 0.251 e. The molecule has 1 fully saturated rings. The van der Waals surface area contributed by atoms with E-state index in [1.54, 1.807) is 0 Å². The number of rotatable bonds is 2. The van der Waals surface area contributed by atoms with Crippen LogP contribution in [0, 0.1) is 17.2 Å². The predicted octanol–water partition coefficient (Wildman–Crippen LogP) is 3.80. The summed E-state index contributed by atoms with van der Waals surface area (Å²) in [5.74, 6) is 0.852. The zero-order valence-corrected chi connectivity index (χ0v) is 9.32. The van der Waals surface area contributed by atoms with Crippen LogP contribution in [0.4, 0.5) is 4.39 Å². The Labute approximate surface area is 95.9 Å². The third kappa shape index (κ3) is 2.41. The smallest absolute Gasteiger partial charge is 0.0991 e. The van der Waals surface area contributed by atoms with Gasteiger partial charge in [0.15, 0.2) is 0 Å². The van der Waals surface area contributed by atoms with Gasteiger partial charge in [0.05, 0.1) is 18.3 Å². The number of hydrogen-bond donors (Lipinski definition) is 0. The average Bonchev–Trinajstić information content (AvgIpc) is 2.39. The Bertz CT molecular complexity index is 369. The van der Waals surface area contributed by atoms with Crippen molar-refractivity contribution < 1.29 is 4.39 Å². The quantitative estimate of drug-likeness (QED) is 0.739. The van der Waals surface area contributed by atoms with Gasteiger partial charge in [0.1, 0.15) is 0 Å². The molecule has 16 heavy (non-hydrogen) atoms. The number of alkyl halides is 1. The van der Waals surface area contributed by atoms with Crippen molar-refractivity contribution in [2.75, 3.05) is 6.67 Å². The molecule has 0 radical (unpaired) electrons. The van der Waals surface area contributed by atoms with Crippen molar-refractivity contribution in [2.45, 2.75) is 31.6 Å². The van der Waals surface area contributed by atoms with Crippen molar-refractivity contribution in [3.05, 3.63) is 35.4 Å². The van der Waals surface area contributed by atoms with E-state index in [0.29, 0.717) is 11.5 Å². The highest BCUT2D eigenvalue weighted by molar-refractivity contribution is 5.33. The zero-order valence-electron chi connectivity index (χ0n) is 9.32. The lowest BCUT2D eigenvalue weighted by molar-refractivity contribution is 0.263. The molecule has 0 saturated heterocycles. The fourth-order valence-corrected chi connectivity index (χ4v) is 2.48. The van der Waals surface area contributed by atoms with Crippen LogP contribution in [0.25, 0.3) is 0 Å². The van der Waals surface area contributed by atoms with Crippen molar-refractivity contribution in [2.24, 2.45) is 5.92 Å². The topological polar surface area (TPSA) is 23.8 Å². The lowest BCUT2D eigenvalue weighted by atomic mass is 9.79. The molecule has 1 aliphatic carbocycles. The molecule has 0 unspecified atom stereocenters. The van der Waals surface area contributed by atoms with Crippen LogP contribution in [0.1, 0.15) is 42.7 Å². The maximum Gasteiger partial charge on any atom is 0.0991 e. The highest BCUT2D eigenvalue weighted by Crippen LogP contribution is 2.35. The van der Waals surface area contributed by atoms with E-state index < -0.39 is 0 Å². The normalized spacial score (nSPS) is 25.0. The van der Waals surface area contributed by atoms with Gasteiger partial charge in [-0.1, -0.05) is 12.1 Å². The number of nitrogens with zero attached hydrogens (tertiary/aromatic N) is 1. The Balaban J connectivity index is 2.00. The van der Waals surface area contributed by atoms with E-state index in [-0.39, 0.29) is 12.6 Å². The zero-order chi connectivity index (χ0) is 11.4. The molecule has 0 bridgehead atoms. The van der Waals surface area contributed by atoms with Gasteiger partial charge in [-0.2, -0.15) is 5.26 Å². The van der Waals surface area contributed by atoms with Crippen LogP contribution < -0.4 is 0 Å². The minimum Gasteiger partial charge on any atom is -0.251 e. The Hall–Kier alpha value is -1.36. The van der Waals surface area contributed by atoms with E-state index in [1.807, 2.05) is 24.3 Å². The van der Waals surface area contributed by atoms with E-state index in [4.69, 9.17) is 5.26 Å². The van der Waals surface area contributed by atoms with Gasteiger partial charge >= 0.3 is 0 Å². The van der Waals surface area contributed by atoms with Crippen LogP contribution in [0.2, 0.25) is 0 Å². The first-order valence-electron chi connectivity index (χ1n) is 5.89. The lowest BCUT2D eigenvalue weighted by Crippen LogP contribution is -2.14. The number of halogens is 1. The van der Waals surface area contributed by atoms with Crippen LogP contribution in [0.15, 0.2) is 24.3 Å². The molecule has 0 atom stereocenters. The summed E-state index contributed by atoms with van der Waals surface area (Å²) in [6, 6.07) is 9.95. The van der Waals surface area contributed by atoms with Crippen molar-refractivity contribution in [3.8, 4) is 6.07 Å². The molecule has 1 aromatic rings. The fraction of sp³-hybridized carbons (Fsp3) is 0.500. The molecule has 0 heterocycles. The number of hydrogen-bond acceptors (Lipinski definition) is 1. The van der Waals surface area contributed by atoms with Gasteiger partial charge in [-0.15, -0.1) is 0 Å².